The van der Waals surface area contributed by atoms with Crippen molar-refractivity contribution in [3.05, 3.63) is 5.01 Å². The van der Waals surface area contributed by atoms with Crippen LogP contribution >= 0.6 is 11.3 Å². The summed E-state index contributed by atoms with van der Waals surface area (Å²) in [6.45, 7) is 4.11. The second-order valence-electron chi connectivity index (χ2n) is 4.17. The molecule has 0 bridgehead atoms. The number of hydrogen-bond donors (Lipinski definition) is 1. The Labute approximate surface area is 104 Å². The number of amides is 2. The summed E-state index contributed by atoms with van der Waals surface area (Å²) >= 11 is 1.37. The smallest absolute Gasteiger partial charge is 0.323 e. The van der Waals surface area contributed by atoms with Crippen molar-refractivity contribution in [1.29, 1.82) is 0 Å². The third-order valence-corrected chi connectivity index (χ3v) is 3.40. The standard InChI is InChI=1S/C10H16N4O2S/c1-7-12-13-9(17-7)11-10(15)14(2)5-8-3-4-16-6-8/h8H,3-6H2,1-2H3,(H,11,13,15). The van der Waals surface area contributed by atoms with E-state index >= 15 is 0 Å². The lowest BCUT2D eigenvalue weighted by Crippen LogP contribution is -2.35. The van der Waals surface area contributed by atoms with Gasteiger partial charge < -0.3 is 9.64 Å². The number of nitrogens with zero attached hydrogens (tertiary/aromatic N) is 3. The Morgan fingerprint density at radius 2 is 2.47 bits per heavy atom. The molecule has 94 valence electrons. The van der Waals surface area contributed by atoms with Crippen molar-refractivity contribution in [2.45, 2.75) is 13.3 Å². The fourth-order valence-electron chi connectivity index (χ4n) is 1.73. The Kier molecular flexibility index (Phi) is 3.90. The van der Waals surface area contributed by atoms with Gasteiger partial charge in [0.1, 0.15) is 5.01 Å². The van der Waals surface area contributed by atoms with Gasteiger partial charge in [-0.25, -0.2) is 4.79 Å². The average molecular weight is 256 g/mol. The molecule has 1 N–H and O–H groups in total. The second-order valence-corrected chi connectivity index (χ2v) is 5.35. The summed E-state index contributed by atoms with van der Waals surface area (Å²) < 4.78 is 5.28. The van der Waals surface area contributed by atoms with Crippen LogP contribution in [0.15, 0.2) is 0 Å². The molecule has 1 aromatic heterocycles. The molecule has 2 heterocycles. The minimum Gasteiger partial charge on any atom is -0.381 e. The molecule has 1 aromatic rings. The number of hydrogen-bond acceptors (Lipinski definition) is 5. The molecule has 0 radical (unpaired) electrons. The molecule has 7 heteroatoms. The van der Waals surface area contributed by atoms with E-state index in [1.54, 1.807) is 11.9 Å². The fraction of sp³-hybridized carbons (Fsp3) is 0.700. The highest BCUT2D eigenvalue weighted by atomic mass is 32.1. The quantitative estimate of drug-likeness (QED) is 0.886. The lowest BCUT2D eigenvalue weighted by atomic mass is 10.1. The second kappa shape index (κ2) is 5.42. The zero-order chi connectivity index (χ0) is 12.3. The Morgan fingerprint density at radius 3 is 3.06 bits per heavy atom. The van der Waals surface area contributed by atoms with Crippen LogP contribution in [0.5, 0.6) is 0 Å². The number of aryl methyl sites for hydroxylation is 1. The number of nitrogens with one attached hydrogen (secondary N) is 1. The molecule has 1 atom stereocenters. The highest BCUT2D eigenvalue weighted by Gasteiger charge is 2.20. The number of anilines is 1. The molecule has 1 fully saturated rings. The molecular weight excluding hydrogens is 240 g/mol. The molecule has 0 spiro atoms. The SMILES string of the molecule is Cc1nnc(NC(=O)N(C)CC2CCOC2)s1. The van der Waals surface area contributed by atoms with E-state index in [2.05, 4.69) is 15.5 Å². The highest BCUT2D eigenvalue weighted by molar-refractivity contribution is 7.15. The van der Waals surface area contributed by atoms with Gasteiger partial charge >= 0.3 is 6.03 Å². The van der Waals surface area contributed by atoms with Crippen molar-refractivity contribution in [2.24, 2.45) is 5.92 Å². The Morgan fingerprint density at radius 1 is 1.65 bits per heavy atom. The molecule has 2 amide bonds. The number of ether oxygens (including phenoxy) is 1. The van der Waals surface area contributed by atoms with Crippen molar-refractivity contribution in [3.63, 3.8) is 0 Å². The normalized spacial score (nSPS) is 19.3. The molecular formula is C10H16N4O2S. The monoisotopic (exact) mass is 256 g/mol. The largest absolute Gasteiger partial charge is 0.381 e. The molecule has 17 heavy (non-hydrogen) atoms. The third-order valence-electron chi connectivity index (χ3n) is 2.64. The van der Waals surface area contributed by atoms with Crippen molar-refractivity contribution in [1.82, 2.24) is 15.1 Å². The molecule has 1 aliphatic rings. The summed E-state index contributed by atoms with van der Waals surface area (Å²) in [5.41, 5.74) is 0. The van der Waals surface area contributed by atoms with Gasteiger partial charge in [-0.05, 0) is 13.3 Å². The van der Waals surface area contributed by atoms with Crippen molar-refractivity contribution in [2.75, 3.05) is 32.1 Å². The summed E-state index contributed by atoms with van der Waals surface area (Å²) in [7, 11) is 1.78. The van der Waals surface area contributed by atoms with Gasteiger partial charge in [0, 0.05) is 26.1 Å². The first-order chi connectivity index (χ1) is 8.15. The van der Waals surface area contributed by atoms with Gasteiger partial charge in [-0.2, -0.15) is 0 Å². The zero-order valence-electron chi connectivity index (χ0n) is 9.97. The number of urea groups is 1. The van der Waals surface area contributed by atoms with Crippen LogP contribution in [0, 0.1) is 12.8 Å². The van der Waals surface area contributed by atoms with Gasteiger partial charge in [-0.1, -0.05) is 11.3 Å². The topological polar surface area (TPSA) is 67.4 Å². The van der Waals surface area contributed by atoms with E-state index in [9.17, 15) is 4.79 Å². The first kappa shape index (κ1) is 12.3. The molecule has 0 aromatic carbocycles. The summed E-state index contributed by atoms with van der Waals surface area (Å²) in [5.74, 6) is 0.446. The van der Waals surface area contributed by atoms with E-state index < -0.39 is 0 Å². The van der Waals surface area contributed by atoms with E-state index in [1.807, 2.05) is 6.92 Å². The van der Waals surface area contributed by atoms with Crippen LogP contribution in [-0.4, -0.2) is 47.9 Å². The predicted octanol–water partition coefficient (Wildman–Crippen LogP) is 1.35. The Balaban J connectivity index is 1.82. The maximum Gasteiger partial charge on any atom is 0.323 e. The van der Waals surface area contributed by atoms with E-state index in [0.717, 1.165) is 24.6 Å². The average Bonchev–Trinajstić information content (AvgIpc) is 2.90. The van der Waals surface area contributed by atoms with Crippen LogP contribution in [-0.2, 0) is 4.74 Å². The van der Waals surface area contributed by atoms with Gasteiger partial charge in [-0.15, -0.1) is 10.2 Å². The molecule has 0 aliphatic carbocycles. The van der Waals surface area contributed by atoms with Crippen molar-refractivity contribution < 1.29 is 9.53 Å². The van der Waals surface area contributed by atoms with Crippen LogP contribution < -0.4 is 5.32 Å². The maximum absolute atomic E-state index is 11.8. The lowest BCUT2D eigenvalue weighted by molar-refractivity contribution is 0.175. The van der Waals surface area contributed by atoms with Crippen LogP contribution in [0.2, 0.25) is 0 Å². The fourth-order valence-corrected chi connectivity index (χ4v) is 2.31. The number of carbonyl (C=O) groups excluding carboxylic acids is 1. The van der Waals surface area contributed by atoms with E-state index in [-0.39, 0.29) is 6.03 Å². The molecule has 1 saturated heterocycles. The Bertz CT molecular complexity index is 389. The zero-order valence-corrected chi connectivity index (χ0v) is 10.8. The molecule has 0 saturated carbocycles. The van der Waals surface area contributed by atoms with Gasteiger partial charge in [0.2, 0.25) is 5.13 Å². The van der Waals surface area contributed by atoms with Gasteiger partial charge in [-0.3, -0.25) is 5.32 Å². The number of aromatic nitrogens is 2. The maximum atomic E-state index is 11.8. The van der Waals surface area contributed by atoms with Crippen LogP contribution in [0.25, 0.3) is 0 Å². The molecule has 2 rings (SSSR count). The van der Waals surface area contributed by atoms with Gasteiger partial charge in [0.05, 0.1) is 6.61 Å². The predicted molar refractivity (Wildman–Crippen MR) is 65.2 cm³/mol. The first-order valence-electron chi connectivity index (χ1n) is 5.55. The van der Waals surface area contributed by atoms with E-state index in [0.29, 0.717) is 17.6 Å². The molecule has 1 unspecified atom stereocenters. The number of carbonyl (C=O) groups is 1. The summed E-state index contributed by atoms with van der Waals surface area (Å²) in [5, 5.41) is 11.8. The number of rotatable bonds is 3. The summed E-state index contributed by atoms with van der Waals surface area (Å²) in [6, 6.07) is -0.145. The van der Waals surface area contributed by atoms with E-state index in [4.69, 9.17) is 4.74 Å². The van der Waals surface area contributed by atoms with Gasteiger partial charge in [0.15, 0.2) is 0 Å². The minimum absolute atomic E-state index is 0.145. The van der Waals surface area contributed by atoms with Crippen LogP contribution in [0.3, 0.4) is 0 Å². The van der Waals surface area contributed by atoms with Crippen LogP contribution in [0.1, 0.15) is 11.4 Å². The molecule has 1 aliphatic heterocycles. The van der Waals surface area contributed by atoms with Crippen molar-refractivity contribution >= 4 is 22.5 Å². The first-order valence-corrected chi connectivity index (χ1v) is 6.37. The summed E-state index contributed by atoms with van der Waals surface area (Å²) in [4.78, 5) is 13.5. The third kappa shape index (κ3) is 3.37. The minimum atomic E-state index is -0.145. The Hall–Kier alpha value is -1.21. The lowest BCUT2D eigenvalue weighted by Gasteiger charge is -2.19. The highest BCUT2D eigenvalue weighted by Crippen LogP contribution is 2.16. The molecule has 6 nitrogen and oxygen atoms in total. The van der Waals surface area contributed by atoms with E-state index in [1.165, 1.54) is 11.3 Å². The van der Waals surface area contributed by atoms with Crippen LogP contribution in [0.4, 0.5) is 9.93 Å². The van der Waals surface area contributed by atoms with Crippen molar-refractivity contribution in [3.8, 4) is 0 Å². The summed E-state index contributed by atoms with van der Waals surface area (Å²) in [6.07, 6.45) is 1.02. The van der Waals surface area contributed by atoms with Gasteiger partial charge in [0.25, 0.3) is 0 Å².